The fourth-order valence-corrected chi connectivity index (χ4v) is 2.15. The highest BCUT2D eigenvalue weighted by Gasteiger charge is 2.06. The van der Waals surface area contributed by atoms with Crippen molar-refractivity contribution in [1.29, 1.82) is 0 Å². The first-order valence-corrected chi connectivity index (χ1v) is 7.56. The Bertz CT molecular complexity index is 683. The fraction of sp³-hybridized carbons (Fsp3) is 0.211. The van der Waals surface area contributed by atoms with Crippen molar-refractivity contribution in [1.82, 2.24) is 5.32 Å². The van der Waals surface area contributed by atoms with Crippen molar-refractivity contribution in [3.63, 3.8) is 0 Å². The Morgan fingerprint density at radius 2 is 1.83 bits per heavy atom. The second-order valence-corrected chi connectivity index (χ2v) is 4.93. The van der Waals surface area contributed by atoms with E-state index in [0.717, 1.165) is 11.1 Å². The van der Waals surface area contributed by atoms with Gasteiger partial charge in [-0.05, 0) is 11.6 Å². The van der Waals surface area contributed by atoms with Crippen LogP contribution in [0.3, 0.4) is 0 Å². The fourth-order valence-electron chi connectivity index (χ4n) is 2.15. The molecule has 0 aliphatic heterocycles. The Balaban J connectivity index is 1.81. The van der Waals surface area contributed by atoms with Crippen molar-refractivity contribution in [3.05, 3.63) is 65.7 Å². The summed E-state index contributed by atoms with van der Waals surface area (Å²) in [5.74, 6) is 1.32. The Kier molecular flexibility index (Phi) is 6.71. The molecule has 2 aromatic carbocycles. The highest BCUT2D eigenvalue weighted by molar-refractivity contribution is 5.68. The number of hydrogen-bond acceptors (Lipinski definition) is 4. The monoisotopic (exact) mass is 327 g/mol. The Hall–Kier alpha value is -2.95. The lowest BCUT2D eigenvalue weighted by Gasteiger charge is -2.10. The third kappa shape index (κ3) is 5.05. The van der Waals surface area contributed by atoms with E-state index in [1.165, 1.54) is 0 Å². The van der Waals surface area contributed by atoms with Gasteiger partial charge >= 0.3 is 6.09 Å². The molecule has 0 saturated heterocycles. The molecule has 126 valence electrons. The van der Waals surface area contributed by atoms with Crippen molar-refractivity contribution < 1.29 is 19.0 Å². The van der Waals surface area contributed by atoms with Gasteiger partial charge in [-0.1, -0.05) is 54.6 Å². The molecular weight excluding hydrogens is 306 g/mol. The first-order chi connectivity index (χ1) is 11.7. The third-order valence-electron chi connectivity index (χ3n) is 3.31. The molecule has 0 aromatic heterocycles. The minimum Gasteiger partial charge on any atom is -0.493 e. The Labute approximate surface area is 141 Å². The van der Waals surface area contributed by atoms with E-state index in [-0.39, 0.29) is 6.61 Å². The molecule has 0 bridgehead atoms. The predicted octanol–water partition coefficient (Wildman–Crippen LogP) is 3.64. The van der Waals surface area contributed by atoms with Crippen LogP contribution in [0.4, 0.5) is 4.79 Å². The molecule has 1 N–H and O–H groups in total. The maximum absolute atomic E-state index is 11.6. The average Bonchev–Trinajstić information content (AvgIpc) is 2.64. The van der Waals surface area contributed by atoms with Crippen LogP contribution in [0.25, 0.3) is 6.08 Å². The molecule has 2 aromatic rings. The van der Waals surface area contributed by atoms with E-state index in [1.807, 2.05) is 60.7 Å². The van der Waals surface area contributed by atoms with Gasteiger partial charge in [-0.15, -0.1) is 0 Å². The summed E-state index contributed by atoms with van der Waals surface area (Å²) in [7, 11) is 3.18. The number of rotatable bonds is 7. The number of methoxy groups -OCH3 is 2. The number of benzene rings is 2. The zero-order chi connectivity index (χ0) is 17.2. The summed E-state index contributed by atoms with van der Waals surface area (Å²) in [6.07, 6.45) is 3.22. The summed E-state index contributed by atoms with van der Waals surface area (Å²) in [6.45, 7) is 0.605. The molecular formula is C19H21NO4. The van der Waals surface area contributed by atoms with Crippen molar-refractivity contribution >= 4 is 12.2 Å². The molecule has 0 heterocycles. The SMILES string of the molecule is COc1cccc(C=CCNC(=O)OCc2ccccc2)c1OC. The zero-order valence-corrected chi connectivity index (χ0v) is 13.8. The van der Waals surface area contributed by atoms with Gasteiger partial charge in [0.25, 0.3) is 0 Å². The van der Waals surface area contributed by atoms with Crippen LogP contribution in [0.5, 0.6) is 11.5 Å². The van der Waals surface area contributed by atoms with Gasteiger partial charge in [0.1, 0.15) is 6.61 Å². The van der Waals surface area contributed by atoms with Crippen LogP contribution in [0.15, 0.2) is 54.6 Å². The van der Waals surface area contributed by atoms with E-state index in [1.54, 1.807) is 14.2 Å². The number of hydrogen-bond donors (Lipinski definition) is 1. The van der Waals surface area contributed by atoms with Crippen LogP contribution in [0, 0.1) is 0 Å². The Morgan fingerprint density at radius 3 is 2.54 bits per heavy atom. The Morgan fingerprint density at radius 1 is 1.04 bits per heavy atom. The topological polar surface area (TPSA) is 56.8 Å². The summed E-state index contributed by atoms with van der Waals surface area (Å²) in [4.78, 5) is 11.6. The molecule has 0 atom stereocenters. The van der Waals surface area contributed by atoms with Gasteiger partial charge in [-0.3, -0.25) is 0 Å². The van der Waals surface area contributed by atoms with Crippen molar-refractivity contribution in [2.45, 2.75) is 6.61 Å². The molecule has 0 radical (unpaired) electrons. The molecule has 0 aliphatic rings. The first kappa shape index (κ1) is 17.4. The van der Waals surface area contributed by atoms with Gasteiger partial charge in [0.05, 0.1) is 14.2 Å². The molecule has 0 aliphatic carbocycles. The summed E-state index contributed by atoms with van der Waals surface area (Å²) >= 11 is 0. The minimum atomic E-state index is -0.457. The standard InChI is InChI=1S/C19H21NO4/c1-22-17-12-6-10-16(18(17)23-2)11-7-13-20-19(21)24-14-15-8-4-3-5-9-15/h3-12H,13-14H2,1-2H3,(H,20,21). The highest BCUT2D eigenvalue weighted by Crippen LogP contribution is 2.31. The summed E-state index contributed by atoms with van der Waals surface area (Å²) < 4.78 is 15.7. The second kappa shape index (κ2) is 9.25. The molecule has 1 amide bonds. The van der Waals surface area contributed by atoms with Gasteiger partial charge in [-0.2, -0.15) is 0 Å². The van der Waals surface area contributed by atoms with E-state index in [4.69, 9.17) is 14.2 Å². The van der Waals surface area contributed by atoms with Crippen molar-refractivity contribution in [3.8, 4) is 11.5 Å². The van der Waals surface area contributed by atoms with Gasteiger partial charge in [0.15, 0.2) is 11.5 Å². The lowest BCUT2D eigenvalue weighted by Crippen LogP contribution is -2.24. The smallest absolute Gasteiger partial charge is 0.407 e. The third-order valence-corrected chi connectivity index (χ3v) is 3.31. The number of ether oxygens (including phenoxy) is 3. The van der Waals surface area contributed by atoms with Crippen LogP contribution in [-0.4, -0.2) is 26.9 Å². The van der Waals surface area contributed by atoms with Crippen LogP contribution in [0.2, 0.25) is 0 Å². The number of carbonyl (C=O) groups is 1. The predicted molar refractivity (Wildman–Crippen MR) is 93.2 cm³/mol. The quantitative estimate of drug-likeness (QED) is 0.843. The van der Waals surface area contributed by atoms with Crippen LogP contribution in [-0.2, 0) is 11.3 Å². The second-order valence-electron chi connectivity index (χ2n) is 4.93. The molecule has 0 saturated carbocycles. The van der Waals surface area contributed by atoms with Crippen molar-refractivity contribution in [2.24, 2.45) is 0 Å². The molecule has 24 heavy (non-hydrogen) atoms. The van der Waals surface area contributed by atoms with E-state index in [2.05, 4.69) is 5.32 Å². The van der Waals surface area contributed by atoms with Gasteiger partial charge in [0, 0.05) is 12.1 Å². The number of amides is 1. The summed E-state index contributed by atoms with van der Waals surface area (Å²) in [5.41, 5.74) is 1.82. The van der Waals surface area contributed by atoms with E-state index < -0.39 is 6.09 Å². The number of alkyl carbamates (subject to hydrolysis) is 1. The number of carbonyl (C=O) groups excluding carboxylic acids is 1. The number of nitrogens with one attached hydrogen (secondary N) is 1. The molecule has 5 heteroatoms. The van der Waals surface area contributed by atoms with E-state index >= 15 is 0 Å². The normalized spacial score (nSPS) is 10.4. The first-order valence-electron chi connectivity index (χ1n) is 7.56. The maximum atomic E-state index is 11.6. The van der Waals surface area contributed by atoms with Crippen molar-refractivity contribution in [2.75, 3.05) is 20.8 Å². The summed E-state index contributed by atoms with van der Waals surface area (Å²) in [5, 5.41) is 2.67. The summed E-state index contributed by atoms with van der Waals surface area (Å²) in [6, 6.07) is 15.1. The van der Waals surface area contributed by atoms with Gasteiger partial charge in [0.2, 0.25) is 0 Å². The minimum absolute atomic E-state index is 0.250. The zero-order valence-electron chi connectivity index (χ0n) is 13.8. The van der Waals surface area contributed by atoms with Gasteiger partial charge < -0.3 is 19.5 Å². The van der Waals surface area contributed by atoms with E-state index in [9.17, 15) is 4.79 Å². The molecule has 5 nitrogen and oxygen atoms in total. The van der Waals surface area contributed by atoms with E-state index in [0.29, 0.717) is 18.0 Å². The van der Waals surface area contributed by atoms with Gasteiger partial charge in [-0.25, -0.2) is 4.79 Å². The largest absolute Gasteiger partial charge is 0.493 e. The van der Waals surface area contributed by atoms with Crippen LogP contribution >= 0.6 is 0 Å². The molecule has 0 spiro atoms. The lowest BCUT2D eigenvalue weighted by molar-refractivity contribution is 0.141. The highest BCUT2D eigenvalue weighted by atomic mass is 16.5. The molecule has 0 unspecified atom stereocenters. The lowest BCUT2D eigenvalue weighted by atomic mass is 10.1. The van der Waals surface area contributed by atoms with Crippen LogP contribution in [0.1, 0.15) is 11.1 Å². The number of para-hydroxylation sites is 1. The molecule has 2 rings (SSSR count). The van der Waals surface area contributed by atoms with Crippen LogP contribution < -0.4 is 14.8 Å². The average molecular weight is 327 g/mol. The maximum Gasteiger partial charge on any atom is 0.407 e. The molecule has 0 fully saturated rings.